The quantitative estimate of drug-likeness (QED) is 0.645. The predicted molar refractivity (Wildman–Crippen MR) is 90.0 cm³/mol. The van der Waals surface area contributed by atoms with E-state index in [4.69, 9.17) is 5.84 Å². The number of benzene rings is 1. The molecule has 0 amide bonds. The lowest BCUT2D eigenvalue weighted by Crippen LogP contribution is -2.54. The van der Waals surface area contributed by atoms with E-state index < -0.39 is 0 Å². The standard InChI is InChI=1S/C18H31N3/c1-4-15-10-9-11-16(14-15)17(20-19)18(2,3)21-12-7-5-6-8-13-21/h9-11,14,17,20H,4-8,12-13,19H2,1-3H3. The summed E-state index contributed by atoms with van der Waals surface area (Å²) in [6, 6.07) is 8.99. The Balaban J connectivity index is 2.24. The average molecular weight is 289 g/mol. The monoisotopic (exact) mass is 289 g/mol. The second-order valence-electron chi connectivity index (χ2n) is 6.75. The molecule has 0 aromatic heterocycles. The summed E-state index contributed by atoms with van der Waals surface area (Å²) in [5.74, 6) is 5.95. The van der Waals surface area contributed by atoms with Crippen LogP contribution in [0.2, 0.25) is 0 Å². The Labute approximate surface area is 129 Å². The summed E-state index contributed by atoms with van der Waals surface area (Å²) in [6.07, 6.45) is 6.39. The minimum Gasteiger partial charge on any atom is -0.296 e. The maximum absolute atomic E-state index is 5.95. The van der Waals surface area contributed by atoms with Gasteiger partial charge in [-0.05, 0) is 57.3 Å². The van der Waals surface area contributed by atoms with E-state index in [0.29, 0.717) is 0 Å². The molecule has 118 valence electrons. The van der Waals surface area contributed by atoms with E-state index >= 15 is 0 Å². The third-order valence-electron chi connectivity index (χ3n) is 4.99. The molecule has 3 N–H and O–H groups in total. The number of nitrogens with one attached hydrogen (secondary N) is 1. The van der Waals surface area contributed by atoms with Gasteiger partial charge in [0.2, 0.25) is 0 Å². The van der Waals surface area contributed by atoms with Crippen molar-refractivity contribution in [2.75, 3.05) is 13.1 Å². The van der Waals surface area contributed by atoms with Gasteiger partial charge in [0.15, 0.2) is 0 Å². The number of aryl methyl sites for hydroxylation is 1. The fraction of sp³-hybridized carbons (Fsp3) is 0.667. The highest BCUT2D eigenvalue weighted by molar-refractivity contribution is 5.28. The van der Waals surface area contributed by atoms with E-state index in [9.17, 15) is 0 Å². The van der Waals surface area contributed by atoms with Crippen molar-refractivity contribution in [3.63, 3.8) is 0 Å². The second-order valence-corrected chi connectivity index (χ2v) is 6.75. The maximum Gasteiger partial charge on any atom is 0.0638 e. The molecule has 1 unspecified atom stereocenters. The molecule has 1 aromatic rings. The van der Waals surface area contributed by atoms with Crippen molar-refractivity contribution in [3.05, 3.63) is 35.4 Å². The van der Waals surface area contributed by atoms with Gasteiger partial charge >= 0.3 is 0 Å². The highest BCUT2D eigenvalue weighted by Crippen LogP contribution is 2.32. The van der Waals surface area contributed by atoms with Crippen LogP contribution in [0.5, 0.6) is 0 Å². The van der Waals surface area contributed by atoms with E-state index in [1.165, 1.54) is 49.9 Å². The molecule has 0 aliphatic carbocycles. The van der Waals surface area contributed by atoms with Crippen LogP contribution in [0.25, 0.3) is 0 Å². The summed E-state index contributed by atoms with van der Waals surface area (Å²) in [4.78, 5) is 2.61. The van der Waals surface area contributed by atoms with E-state index in [1.807, 2.05) is 0 Å². The highest BCUT2D eigenvalue weighted by Gasteiger charge is 2.36. The minimum absolute atomic E-state index is 0.0193. The molecule has 21 heavy (non-hydrogen) atoms. The van der Waals surface area contributed by atoms with Crippen LogP contribution in [-0.2, 0) is 6.42 Å². The Hall–Kier alpha value is -0.900. The van der Waals surface area contributed by atoms with Gasteiger partial charge in [-0.1, -0.05) is 44.0 Å². The molecule has 1 heterocycles. The Bertz CT molecular complexity index is 434. The van der Waals surface area contributed by atoms with Crippen LogP contribution in [0.3, 0.4) is 0 Å². The normalized spacial score (nSPS) is 19.2. The van der Waals surface area contributed by atoms with Gasteiger partial charge in [-0.25, -0.2) is 0 Å². The van der Waals surface area contributed by atoms with E-state index in [-0.39, 0.29) is 11.6 Å². The maximum atomic E-state index is 5.95. The largest absolute Gasteiger partial charge is 0.296 e. The molecule has 1 aromatic carbocycles. The Morgan fingerprint density at radius 1 is 1.19 bits per heavy atom. The molecule has 1 fully saturated rings. The topological polar surface area (TPSA) is 41.3 Å². The molecule has 1 aliphatic rings. The van der Waals surface area contributed by atoms with Crippen molar-refractivity contribution in [3.8, 4) is 0 Å². The third-order valence-corrected chi connectivity index (χ3v) is 4.99. The van der Waals surface area contributed by atoms with Crippen molar-refractivity contribution in [2.45, 2.75) is 64.5 Å². The molecule has 2 rings (SSSR count). The second kappa shape index (κ2) is 7.39. The van der Waals surface area contributed by atoms with Gasteiger partial charge in [0.25, 0.3) is 0 Å². The number of rotatable bonds is 5. The molecule has 1 atom stereocenters. The Morgan fingerprint density at radius 3 is 2.43 bits per heavy atom. The van der Waals surface area contributed by atoms with Crippen LogP contribution in [0.15, 0.2) is 24.3 Å². The lowest BCUT2D eigenvalue weighted by Gasteiger charge is -2.44. The molecule has 1 saturated heterocycles. The van der Waals surface area contributed by atoms with Crippen LogP contribution >= 0.6 is 0 Å². The number of nitrogens with zero attached hydrogens (tertiary/aromatic N) is 1. The number of hydrazine groups is 1. The number of hydrogen-bond donors (Lipinski definition) is 2. The molecule has 1 aliphatic heterocycles. The summed E-state index contributed by atoms with van der Waals surface area (Å²) >= 11 is 0. The molecule has 0 radical (unpaired) electrons. The molecule has 0 saturated carbocycles. The number of nitrogens with two attached hydrogens (primary N) is 1. The first-order valence-corrected chi connectivity index (χ1v) is 8.39. The molecular weight excluding hydrogens is 258 g/mol. The third kappa shape index (κ3) is 3.85. The van der Waals surface area contributed by atoms with E-state index in [0.717, 1.165) is 6.42 Å². The molecule has 3 heteroatoms. The van der Waals surface area contributed by atoms with Crippen molar-refractivity contribution in [2.24, 2.45) is 5.84 Å². The van der Waals surface area contributed by atoms with Gasteiger partial charge < -0.3 is 0 Å². The first kappa shape index (κ1) is 16.5. The van der Waals surface area contributed by atoms with Crippen molar-refractivity contribution >= 4 is 0 Å². The zero-order valence-corrected chi connectivity index (χ0v) is 13.9. The minimum atomic E-state index is 0.0193. The summed E-state index contributed by atoms with van der Waals surface area (Å²) in [5, 5.41) is 0. The fourth-order valence-corrected chi connectivity index (χ4v) is 3.53. The van der Waals surface area contributed by atoms with Crippen LogP contribution in [0.4, 0.5) is 0 Å². The Kier molecular flexibility index (Phi) is 5.80. The first-order valence-electron chi connectivity index (χ1n) is 8.39. The lowest BCUT2D eigenvalue weighted by molar-refractivity contribution is 0.0834. The van der Waals surface area contributed by atoms with Crippen molar-refractivity contribution < 1.29 is 0 Å². The fourth-order valence-electron chi connectivity index (χ4n) is 3.53. The highest BCUT2D eigenvalue weighted by atomic mass is 15.3. The average Bonchev–Trinajstić information content (AvgIpc) is 2.77. The van der Waals surface area contributed by atoms with Crippen molar-refractivity contribution in [1.82, 2.24) is 10.3 Å². The van der Waals surface area contributed by atoms with E-state index in [2.05, 4.69) is 55.4 Å². The summed E-state index contributed by atoms with van der Waals surface area (Å²) in [5.41, 5.74) is 5.78. The number of likely N-dealkylation sites (tertiary alicyclic amines) is 1. The summed E-state index contributed by atoms with van der Waals surface area (Å²) in [6.45, 7) is 9.20. The van der Waals surface area contributed by atoms with Gasteiger partial charge in [-0.2, -0.15) is 0 Å². The van der Waals surface area contributed by atoms with E-state index in [1.54, 1.807) is 0 Å². The lowest BCUT2D eigenvalue weighted by atomic mass is 9.86. The molecule has 3 nitrogen and oxygen atoms in total. The summed E-state index contributed by atoms with van der Waals surface area (Å²) < 4.78 is 0. The summed E-state index contributed by atoms with van der Waals surface area (Å²) in [7, 11) is 0. The van der Waals surface area contributed by atoms with Crippen LogP contribution in [0, 0.1) is 0 Å². The van der Waals surface area contributed by atoms with Gasteiger partial charge in [0.1, 0.15) is 0 Å². The number of hydrogen-bond acceptors (Lipinski definition) is 3. The molecule has 0 bridgehead atoms. The van der Waals surface area contributed by atoms with Crippen LogP contribution in [-0.4, -0.2) is 23.5 Å². The van der Waals surface area contributed by atoms with Gasteiger partial charge in [0, 0.05) is 5.54 Å². The smallest absolute Gasteiger partial charge is 0.0638 e. The van der Waals surface area contributed by atoms with Gasteiger partial charge in [0.05, 0.1) is 6.04 Å². The van der Waals surface area contributed by atoms with Gasteiger partial charge in [-0.3, -0.25) is 16.2 Å². The van der Waals surface area contributed by atoms with Crippen molar-refractivity contribution in [1.29, 1.82) is 0 Å². The predicted octanol–water partition coefficient (Wildman–Crippen LogP) is 3.41. The first-order chi connectivity index (χ1) is 10.1. The molecule has 0 spiro atoms. The molecular formula is C18H31N3. The SMILES string of the molecule is CCc1cccc(C(NN)C(C)(C)N2CCCCCC2)c1. The van der Waals surface area contributed by atoms with Gasteiger partial charge in [-0.15, -0.1) is 0 Å². The zero-order chi connectivity index (χ0) is 15.3. The Morgan fingerprint density at radius 2 is 1.86 bits per heavy atom. The van der Waals surface area contributed by atoms with Crippen LogP contribution in [0.1, 0.15) is 63.6 Å². The van der Waals surface area contributed by atoms with Crippen LogP contribution < -0.4 is 11.3 Å². The zero-order valence-electron chi connectivity index (χ0n) is 13.9.